The molecule has 0 spiro atoms. The van der Waals surface area contributed by atoms with E-state index >= 15 is 0 Å². The fourth-order valence-corrected chi connectivity index (χ4v) is 3.58. The van der Waals surface area contributed by atoms with E-state index in [0.29, 0.717) is 11.7 Å². The molecule has 0 amide bonds. The van der Waals surface area contributed by atoms with E-state index in [1.807, 2.05) is 57.4 Å². The van der Waals surface area contributed by atoms with Crippen LogP contribution in [0.5, 0.6) is 0 Å². The van der Waals surface area contributed by atoms with E-state index in [4.69, 9.17) is 12.2 Å². The van der Waals surface area contributed by atoms with Crippen LogP contribution < -0.4 is 10.9 Å². The van der Waals surface area contributed by atoms with Crippen LogP contribution in [0.1, 0.15) is 16.7 Å². The highest BCUT2D eigenvalue weighted by atomic mass is 32.1. The van der Waals surface area contributed by atoms with Gasteiger partial charge in [-0.25, -0.2) is 0 Å². The molecule has 0 bridgehead atoms. The van der Waals surface area contributed by atoms with E-state index in [1.54, 1.807) is 0 Å². The zero-order valence-electron chi connectivity index (χ0n) is 17.9. The van der Waals surface area contributed by atoms with Crippen LogP contribution in [-0.2, 0) is 13.0 Å². The third-order valence-electron chi connectivity index (χ3n) is 5.08. The summed E-state index contributed by atoms with van der Waals surface area (Å²) in [5.41, 5.74) is 3.93. The lowest BCUT2D eigenvalue weighted by molar-refractivity contribution is 0.322. The average molecular weight is 423 g/mol. The lowest BCUT2D eigenvalue weighted by atomic mass is 10.1. The number of hydrogen-bond donors (Lipinski definition) is 2. The van der Waals surface area contributed by atoms with Gasteiger partial charge >= 0.3 is 0 Å². The third kappa shape index (κ3) is 6.15. The molecule has 30 heavy (non-hydrogen) atoms. The smallest absolute Gasteiger partial charge is 0.253 e. The number of nitrogens with zero attached hydrogens (tertiary/aromatic N) is 2. The molecule has 1 aromatic heterocycles. The molecule has 6 heteroatoms. The molecule has 0 unspecified atom stereocenters. The van der Waals surface area contributed by atoms with Gasteiger partial charge in [-0.1, -0.05) is 42.5 Å². The van der Waals surface area contributed by atoms with Crippen LogP contribution >= 0.6 is 12.2 Å². The molecule has 1 heterocycles. The quantitative estimate of drug-likeness (QED) is 0.546. The van der Waals surface area contributed by atoms with Gasteiger partial charge in [0.05, 0.1) is 6.54 Å². The molecule has 0 saturated carbocycles. The number of rotatable bonds is 8. The second kappa shape index (κ2) is 10.4. The molecule has 158 valence electrons. The standard InChI is InChI=1S/C24H30N4OS/c1-18-9-10-20-16-21(23(29)26-22(20)15-18)17-28(14-13-27(2)3)24(30)25-12-11-19-7-5-4-6-8-19/h4-10,15-16H,11-14,17H2,1-3H3,(H,25,30)(H,26,29). The first-order chi connectivity index (χ1) is 14.4. The minimum Gasteiger partial charge on any atom is -0.362 e. The fourth-order valence-electron chi connectivity index (χ4n) is 3.33. The molecule has 3 aromatic rings. The second-order valence-corrected chi connectivity index (χ2v) is 8.29. The summed E-state index contributed by atoms with van der Waals surface area (Å²) in [6, 6.07) is 18.4. The van der Waals surface area contributed by atoms with Crippen molar-refractivity contribution < 1.29 is 0 Å². The van der Waals surface area contributed by atoms with Crippen LogP contribution in [0.25, 0.3) is 10.9 Å². The molecule has 0 atom stereocenters. The van der Waals surface area contributed by atoms with Crippen molar-refractivity contribution in [2.24, 2.45) is 0 Å². The SMILES string of the molecule is Cc1ccc2cc(CN(CCN(C)C)C(=S)NCCc3ccccc3)c(=O)[nH]c2c1. The van der Waals surface area contributed by atoms with Gasteiger partial charge in [0.25, 0.3) is 5.56 Å². The molecule has 0 radical (unpaired) electrons. The van der Waals surface area contributed by atoms with E-state index in [1.165, 1.54) is 5.56 Å². The molecule has 0 aliphatic rings. The van der Waals surface area contributed by atoms with Crippen LogP contribution in [0, 0.1) is 6.92 Å². The second-order valence-electron chi connectivity index (χ2n) is 7.91. The molecule has 0 aliphatic heterocycles. The largest absolute Gasteiger partial charge is 0.362 e. The maximum Gasteiger partial charge on any atom is 0.253 e. The van der Waals surface area contributed by atoms with Crippen molar-refractivity contribution in [2.45, 2.75) is 19.9 Å². The number of nitrogens with one attached hydrogen (secondary N) is 2. The lowest BCUT2D eigenvalue weighted by Gasteiger charge is -2.27. The van der Waals surface area contributed by atoms with Crippen molar-refractivity contribution in [3.63, 3.8) is 0 Å². The van der Waals surface area contributed by atoms with Crippen LogP contribution in [0.15, 0.2) is 59.4 Å². The normalized spacial score (nSPS) is 11.1. The number of pyridine rings is 1. The van der Waals surface area contributed by atoms with Gasteiger partial charge in [0, 0.05) is 30.7 Å². The van der Waals surface area contributed by atoms with Gasteiger partial charge in [0.15, 0.2) is 5.11 Å². The van der Waals surface area contributed by atoms with E-state index in [2.05, 4.69) is 38.3 Å². The predicted molar refractivity (Wildman–Crippen MR) is 129 cm³/mol. The number of H-pyrrole nitrogens is 1. The number of thiocarbonyl (C=S) groups is 1. The summed E-state index contributed by atoms with van der Waals surface area (Å²) in [6.45, 7) is 4.85. The van der Waals surface area contributed by atoms with Gasteiger partial charge in [-0.2, -0.15) is 0 Å². The Bertz CT molecular complexity index is 1050. The summed E-state index contributed by atoms with van der Waals surface area (Å²) in [4.78, 5) is 19.9. The van der Waals surface area contributed by atoms with Gasteiger partial charge in [-0.3, -0.25) is 4.79 Å². The summed E-state index contributed by atoms with van der Waals surface area (Å²) in [5.74, 6) is 0. The summed E-state index contributed by atoms with van der Waals surface area (Å²) in [6.07, 6.45) is 0.901. The van der Waals surface area contributed by atoms with Gasteiger partial charge < -0.3 is 20.1 Å². The Morgan fingerprint density at radius 2 is 1.83 bits per heavy atom. The summed E-state index contributed by atoms with van der Waals surface area (Å²) in [5, 5.41) is 5.08. The number of aromatic nitrogens is 1. The summed E-state index contributed by atoms with van der Waals surface area (Å²) >= 11 is 5.68. The number of likely N-dealkylation sites (N-methyl/N-ethyl adjacent to an activating group) is 1. The highest BCUT2D eigenvalue weighted by Crippen LogP contribution is 2.14. The van der Waals surface area contributed by atoms with E-state index in [9.17, 15) is 4.79 Å². The zero-order valence-corrected chi connectivity index (χ0v) is 18.8. The van der Waals surface area contributed by atoms with Crippen molar-refractivity contribution >= 4 is 28.2 Å². The van der Waals surface area contributed by atoms with Crippen molar-refractivity contribution in [1.82, 2.24) is 20.1 Å². The topological polar surface area (TPSA) is 51.4 Å². The van der Waals surface area contributed by atoms with E-state index in [-0.39, 0.29) is 5.56 Å². The Hall–Kier alpha value is -2.70. The Kier molecular flexibility index (Phi) is 7.60. The Labute approximate surface area is 183 Å². The van der Waals surface area contributed by atoms with Gasteiger partial charge in [-0.15, -0.1) is 0 Å². The van der Waals surface area contributed by atoms with Crippen molar-refractivity contribution in [3.8, 4) is 0 Å². The first-order valence-corrected chi connectivity index (χ1v) is 10.7. The predicted octanol–water partition coefficient (Wildman–Crippen LogP) is 3.32. The zero-order chi connectivity index (χ0) is 21.5. The number of hydrogen-bond acceptors (Lipinski definition) is 3. The molecule has 0 saturated heterocycles. The van der Waals surface area contributed by atoms with Crippen molar-refractivity contribution in [1.29, 1.82) is 0 Å². The minimum absolute atomic E-state index is 0.0601. The van der Waals surface area contributed by atoms with E-state index in [0.717, 1.165) is 48.1 Å². The van der Waals surface area contributed by atoms with Crippen molar-refractivity contribution in [2.75, 3.05) is 33.7 Å². The highest BCUT2D eigenvalue weighted by Gasteiger charge is 2.13. The molecule has 0 aliphatic carbocycles. The number of aromatic amines is 1. The van der Waals surface area contributed by atoms with Gasteiger partial charge in [0.2, 0.25) is 0 Å². The summed E-state index contributed by atoms with van der Waals surface area (Å²) in [7, 11) is 4.07. The summed E-state index contributed by atoms with van der Waals surface area (Å²) < 4.78 is 0. The highest BCUT2D eigenvalue weighted by molar-refractivity contribution is 7.80. The maximum atomic E-state index is 12.7. The average Bonchev–Trinajstić information content (AvgIpc) is 2.72. The molecular weight excluding hydrogens is 392 g/mol. The van der Waals surface area contributed by atoms with Crippen LogP contribution in [0.2, 0.25) is 0 Å². The van der Waals surface area contributed by atoms with Crippen LogP contribution in [0.4, 0.5) is 0 Å². The molecule has 5 nitrogen and oxygen atoms in total. The molecule has 2 aromatic carbocycles. The van der Waals surface area contributed by atoms with Crippen LogP contribution in [-0.4, -0.2) is 53.6 Å². The molecule has 3 rings (SSSR count). The number of benzene rings is 2. The van der Waals surface area contributed by atoms with Crippen LogP contribution in [0.3, 0.4) is 0 Å². The minimum atomic E-state index is -0.0601. The first-order valence-electron chi connectivity index (χ1n) is 10.3. The number of fused-ring (bicyclic) bond motifs is 1. The molecular formula is C24H30N4OS. The Morgan fingerprint density at radius 1 is 1.07 bits per heavy atom. The van der Waals surface area contributed by atoms with Crippen molar-refractivity contribution in [3.05, 3.63) is 81.6 Å². The van der Waals surface area contributed by atoms with Gasteiger partial charge in [0.1, 0.15) is 0 Å². The fraction of sp³-hybridized carbons (Fsp3) is 0.333. The first kappa shape index (κ1) is 22.0. The third-order valence-corrected chi connectivity index (χ3v) is 5.48. The lowest BCUT2D eigenvalue weighted by Crippen LogP contribution is -2.43. The maximum absolute atomic E-state index is 12.7. The Balaban J connectivity index is 1.72. The monoisotopic (exact) mass is 422 g/mol. The van der Waals surface area contributed by atoms with E-state index < -0.39 is 0 Å². The molecule has 0 fully saturated rings. The Morgan fingerprint density at radius 3 is 2.57 bits per heavy atom. The number of aryl methyl sites for hydroxylation is 1. The molecule has 2 N–H and O–H groups in total. The van der Waals surface area contributed by atoms with Gasteiger partial charge in [-0.05, 0) is 68.3 Å².